The molecule has 3 N–H and O–H groups in total. The number of rotatable bonds is 12. The average Bonchev–Trinajstić information content (AvgIpc) is 3.27. The van der Waals surface area contributed by atoms with Crippen molar-refractivity contribution in [2.24, 2.45) is 4.99 Å². The van der Waals surface area contributed by atoms with Crippen molar-refractivity contribution in [2.75, 3.05) is 26.8 Å². The quantitative estimate of drug-likeness (QED) is 0.169. The van der Waals surface area contributed by atoms with Gasteiger partial charge in [-0.05, 0) is 42.7 Å². The molecule has 0 radical (unpaired) electrons. The van der Waals surface area contributed by atoms with Gasteiger partial charge in [0.1, 0.15) is 5.76 Å². The summed E-state index contributed by atoms with van der Waals surface area (Å²) in [5, 5.41) is 9.40. The van der Waals surface area contributed by atoms with Crippen LogP contribution < -0.4 is 16.0 Å². The fourth-order valence-electron chi connectivity index (χ4n) is 2.64. The lowest BCUT2D eigenvalue weighted by molar-refractivity contribution is 0.0948. The Kier molecular flexibility index (Phi) is 13.6. The van der Waals surface area contributed by atoms with Crippen LogP contribution in [0.3, 0.4) is 0 Å². The lowest BCUT2D eigenvalue weighted by atomic mass is 10.1. The molecule has 1 heterocycles. The molecule has 0 aliphatic rings. The number of furan rings is 1. The number of aliphatic imine (C=N–C) groups is 1. The van der Waals surface area contributed by atoms with Crippen LogP contribution in [0.15, 0.2) is 52.1 Å². The summed E-state index contributed by atoms with van der Waals surface area (Å²) in [4.78, 5) is 16.6. The molecule has 166 valence electrons. The Morgan fingerprint density at radius 2 is 1.90 bits per heavy atom. The van der Waals surface area contributed by atoms with E-state index in [0.29, 0.717) is 18.7 Å². The Labute approximate surface area is 196 Å². The number of halogens is 1. The zero-order chi connectivity index (χ0) is 20.7. The SMILES string of the molecule is CCCCOCCCNC(=NC)NCc1cccc(C(=O)NCc2ccco2)c1.I. The van der Waals surface area contributed by atoms with E-state index in [1.165, 1.54) is 0 Å². The Bertz CT molecular complexity index is 751. The number of hydrogen-bond acceptors (Lipinski definition) is 4. The number of carbonyl (C=O) groups excluding carboxylic acids is 1. The van der Waals surface area contributed by atoms with Crippen LogP contribution >= 0.6 is 24.0 Å². The van der Waals surface area contributed by atoms with Crippen molar-refractivity contribution in [3.05, 3.63) is 59.5 Å². The summed E-state index contributed by atoms with van der Waals surface area (Å²) >= 11 is 0. The largest absolute Gasteiger partial charge is 0.467 e. The third-order valence-electron chi connectivity index (χ3n) is 4.28. The van der Waals surface area contributed by atoms with Gasteiger partial charge in [0.05, 0.1) is 12.8 Å². The summed E-state index contributed by atoms with van der Waals surface area (Å²) in [6.07, 6.45) is 4.78. The number of hydrogen-bond donors (Lipinski definition) is 3. The number of guanidine groups is 1. The van der Waals surface area contributed by atoms with Crippen LogP contribution in [0.5, 0.6) is 0 Å². The van der Waals surface area contributed by atoms with Gasteiger partial charge in [0.2, 0.25) is 0 Å². The molecule has 0 spiro atoms. The Morgan fingerprint density at radius 1 is 1.07 bits per heavy atom. The average molecular weight is 528 g/mol. The molecule has 1 aromatic carbocycles. The molecule has 30 heavy (non-hydrogen) atoms. The summed E-state index contributed by atoms with van der Waals surface area (Å²) < 4.78 is 10.8. The van der Waals surface area contributed by atoms with Gasteiger partial charge in [-0.3, -0.25) is 9.79 Å². The Balaban J connectivity index is 0.00000450. The van der Waals surface area contributed by atoms with E-state index in [0.717, 1.165) is 56.3 Å². The van der Waals surface area contributed by atoms with Crippen LogP contribution in [0, 0.1) is 0 Å². The number of amides is 1. The molecule has 0 atom stereocenters. The van der Waals surface area contributed by atoms with Crippen molar-refractivity contribution in [3.63, 3.8) is 0 Å². The van der Waals surface area contributed by atoms with Crippen molar-refractivity contribution in [3.8, 4) is 0 Å². The smallest absolute Gasteiger partial charge is 0.251 e. The summed E-state index contributed by atoms with van der Waals surface area (Å²) in [5.74, 6) is 1.32. The van der Waals surface area contributed by atoms with Crippen LogP contribution in [0.1, 0.15) is 47.9 Å². The molecule has 1 amide bonds. The minimum atomic E-state index is -0.131. The summed E-state index contributed by atoms with van der Waals surface area (Å²) in [5.41, 5.74) is 1.62. The highest BCUT2D eigenvalue weighted by Crippen LogP contribution is 2.06. The Hall–Kier alpha value is -2.07. The fraction of sp³-hybridized carbons (Fsp3) is 0.455. The molecule has 0 saturated heterocycles. The van der Waals surface area contributed by atoms with Gasteiger partial charge >= 0.3 is 0 Å². The number of carbonyl (C=O) groups is 1. The highest BCUT2D eigenvalue weighted by molar-refractivity contribution is 14.0. The van der Waals surface area contributed by atoms with Crippen molar-refractivity contribution < 1.29 is 13.9 Å². The van der Waals surface area contributed by atoms with E-state index in [4.69, 9.17) is 9.15 Å². The predicted molar refractivity (Wildman–Crippen MR) is 130 cm³/mol. The van der Waals surface area contributed by atoms with E-state index in [1.807, 2.05) is 24.3 Å². The first-order valence-corrected chi connectivity index (χ1v) is 10.1. The van der Waals surface area contributed by atoms with E-state index < -0.39 is 0 Å². The zero-order valence-electron chi connectivity index (χ0n) is 17.8. The lowest BCUT2D eigenvalue weighted by Gasteiger charge is -2.12. The monoisotopic (exact) mass is 528 g/mol. The molecule has 0 unspecified atom stereocenters. The molecule has 0 bridgehead atoms. The molecular weight excluding hydrogens is 495 g/mol. The minimum Gasteiger partial charge on any atom is -0.467 e. The third-order valence-corrected chi connectivity index (χ3v) is 4.28. The van der Waals surface area contributed by atoms with Crippen molar-refractivity contribution in [1.82, 2.24) is 16.0 Å². The van der Waals surface area contributed by atoms with Gasteiger partial charge in [-0.25, -0.2) is 0 Å². The first-order valence-electron chi connectivity index (χ1n) is 10.1. The maximum absolute atomic E-state index is 12.3. The second-order valence-corrected chi connectivity index (χ2v) is 6.63. The van der Waals surface area contributed by atoms with Gasteiger partial charge in [0.15, 0.2) is 5.96 Å². The normalized spacial score (nSPS) is 10.9. The van der Waals surface area contributed by atoms with Gasteiger partial charge < -0.3 is 25.1 Å². The molecule has 1 aromatic heterocycles. The van der Waals surface area contributed by atoms with Gasteiger partial charge in [-0.2, -0.15) is 0 Å². The second-order valence-electron chi connectivity index (χ2n) is 6.63. The lowest BCUT2D eigenvalue weighted by Crippen LogP contribution is -2.37. The Morgan fingerprint density at radius 3 is 2.63 bits per heavy atom. The van der Waals surface area contributed by atoms with E-state index in [-0.39, 0.29) is 29.9 Å². The molecule has 2 aromatic rings. The van der Waals surface area contributed by atoms with Crippen LogP contribution in [0.4, 0.5) is 0 Å². The van der Waals surface area contributed by atoms with Gasteiger partial charge in [0.25, 0.3) is 5.91 Å². The van der Waals surface area contributed by atoms with E-state index in [2.05, 4.69) is 27.9 Å². The maximum Gasteiger partial charge on any atom is 0.251 e. The summed E-state index contributed by atoms with van der Waals surface area (Å²) in [6.45, 7) is 5.47. The van der Waals surface area contributed by atoms with Gasteiger partial charge in [-0.15, -0.1) is 24.0 Å². The molecule has 0 saturated carbocycles. The van der Waals surface area contributed by atoms with Crippen molar-refractivity contribution in [2.45, 2.75) is 39.3 Å². The summed E-state index contributed by atoms with van der Waals surface area (Å²) in [7, 11) is 1.74. The van der Waals surface area contributed by atoms with Gasteiger partial charge in [-0.1, -0.05) is 25.5 Å². The topological polar surface area (TPSA) is 87.9 Å². The predicted octanol–water partition coefficient (Wildman–Crippen LogP) is 3.70. The molecule has 8 heteroatoms. The van der Waals surface area contributed by atoms with Crippen LogP contribution in [-0.4, -0.2) is 38.7 Å². The van der Waals surface area contributed by atoms with Crippen LogP contribution in [-0.2, 0) is 17.8 Å². The molecule has 0 aliphatic carbocycles. The number of ether oxygens (including phenoxy) is 1. The van der Waals surface area contributed by atoms with E-state index in [1.54, 1.807) is 25.4 Å². The third kappa shape index (κ3) is 10.1. The second kappa shape index (κ2) is 15.7. The van der Waals surface area contributed by atoms with Crippen molar-refractivity contribution in [1.29, 1.82) is 0 Å². The number of benzene rings is 1. The van der Waals surface area contributed by atoms with Crippen LogP contribution in [0.25, 0.3) is 0 Å². The first kappa shape index (κ1) is 26.0. The summed E-state index contributed by atoms with van der Waals surface area (Å²) in [6, 6.07) is 11.2. The molecule has 0 fully saturated rings. The number of nitrogens with zero attached hydrogens (tertiary/aromatic N) is 1. The van der Waals surface area contributed by atoms with Crippen LogP contribution in [0.2, 0.25) is 0 Å². The molecular formula is C22H33IN4O3. The number of unbranched alkanes of at least 4 members (excludes halogenated alkanes) is 1. The highest BCUT2D eigenvalue weighted by atomic mass is 127. The van der Waals surface area contributed by atoms with E-state index in [9.17, 15) is 4.79 Å². The minimum absolute atomic E-state index is 0. The highest BCUT2D eigenvalue weighted by Gasteiger charge is 2.07. The molecule has 0 aliphatic heterocycles. The van der Waals surface area contributed by atoms with Gasteiger partial charge in [0, 0.05) is 38.9 Å². The van der Waals surface area contributed by atoms with Crippen molar-refractivity contribution >= 4 is 35.8 Å². The standard InChI is InChI=1S/C22H32N4O3.HI/c1-3-4-12-28-13-7-11-24-22(23-2)26-16-18-8-5-9-19(15-18)21(27)25-17-20-10-6-14-29-20;/h5-6,8-10,14-15H,3-4,7,11-13,16-17H2,1-2H3,(H,25,27)(H2,23,24,26);1H. The fourth-order valence-corrected chi connectivity index (χ4v) is 2.64. The van der Waals surface area contributed by atoms with E-state index >= 15 is 0 Å². The molecule has 2 rings (SSSR count). The number of nitrogens with one attached hydrogen (secondary N) is 3. The maximum atomic E-state index is 12.3. The zero-order valence-corrected chi connectivity index (χ0v) is 20.1. The molecule has 7 nitrogen and oxygen atoms in total. The first-order chi connectivity index (χ1) is 14.2.